The highest BCUT2D eigenvalue weighted by molar-refractivity contribution is 5.99. The number of aromatic nitrogens is 1. The van der Waals surface area contributed by atoms with Crippen molar-refractivity contribution in [3.8, 4) is 5.75 Å². The fourth-order valence-corrected chi connectivity index (χ4v) is 4.60. The number of benzene rings is 1. The number of hydrogen-bond donors (Lipinski definition) is 2. The quantitative estimate of drug-likeness (QED) is 0.754. The molecule has 3 heterocycles. The van der Waals surface area contributed by atoms with Crippen LogP contribution in [0.5, 0.6) is 5.75 Å². The molecule has 2 N–H and O–H groups in total. The number of carbonyl (C=O) groups is 2. The first-order valence-corrected chi connectivity index (χ1v) is 10.8. The first kappa shape index (κ1) is 22.0. The minimum absolute atomic E-state index is 0.0137. The number of halogens is 1. The molecule has 0 radical (unpaired) electrons. The van der Waals surface area contributed by atoms with E-state index in [0.717, 1.165) is 19.0 Å². The highest BCUT2D eigenvalue weighted by atomic mass is 19.1. The second-order valence-electron chi connectivity index (χ2n) is 8.67. The second-order valence-corrected chi connectivity index (χ2v) is 8.67. The number of aromatic hydroxyl groups is 1. The molecule has 4 rings (SSSR count). The van der Waals surface area contributed by atoms with E-state index in [1.54, 1.807) is 17.0 Å². The highest BCUT2D eigenvalue weighted by Crippen LogP contribution is 2.32. The third kappa shape index (κ3) is 3.77. The predicted molar refractivity (Wildman–Crippen MR) is 116 cm³/mol. The molecule has 1 aromatic heterocycles. The molecule has 2 amide bonds. The summed E-state index contributed by atoms with van der Waals surface area (Å²) in [5.74, 6) is -2.02. The summed E-state index contributed by atoms with van der Waals surface area (Å²) in [5, 5.41) is 13.2. The number of fused-ring (bicyclic) bond motifs is 2. The lowest BCUT2D eigenvalue weighted by Gasteiger charge is -2.51. The Morgan fingerprint density at radius 2 is 1.94 bits per heavy atom. The monoisotopic (exact) mass is 442 g/mol. The Morgan fingerprint density at radius 3 is 2.59 bits per heavy atom. The number of pyridine rings is 1. The molecule has 9 heteroatoms. The van der Waals surface area contributed by atoms with Crippen molar-refractivity contribution in [2.24, 2.45) is 0 Å². The lowest BCUT2D eigenvalue weighted by molar-refractivity contribution is -0.0456. The van der Waals surface area contributed by atoms with Crippen LogP contribution in [0.15, 0.2) is 35.1 Å². The molecule has 170 valence electrons. The Hall–Kier alpha value is -3.20. The van der Waals surface area contributed by atoms with Gasteiger partial charge in [0.25, 0.3) is 11.8 Å². The average molecular weight is 442 g/mol. The van der Waals surface area contributed by atoms with Crippen LogP contribution < -0.4 is 10.7 Å². The van der Waals surface area contributed by atoms with E-state index in [1.165, 1.54) is 16.7 Å². The first-order valence-electron chi connectivity index (χ1n) is 10.8. The van der Waals surface area contributed by atoms with Crippen molar-refractivity contribution in [1.82, 2.24) is 19.7 Å². The first-order chi connectivity index (χ1) is 15.2. The third-order valence-corrected chi connectivity index (χ3v) is 6.32. The van der Waals surface area contributed by atoms with E-state index < -0.39 is 23.0 Å². The maximum absolute atomic E-state index is 13.4. The van der Waals surface area contributed by atoms with Crippen LogP contribution >= 0.6 is 0 Å². The molecular weight excluding hydrogens is 415 g/mol. The van der Waals surface area contributed by atoms with Gasteiger partial charge in [0, 0.05) is 31.2 Å². The topological polar surface area (TPSA) is 94.9 Å². The summed E-state index contributed by atoms with van der Waals surface area (Å²) in [7, 11) is 0. The molecule has 0 saturated carbocycles. The van der Waals surface area contributed by atoms with Gasteiger partial charge >= 0.3 is 0 Å². The third-order valence-electron chi connectivity index (χ3n) is 6.32. The van der Waals surface area contributed by atoms with Crippen molar-refractivity contribution < 1.29 is 19.1 Å². The zero-order chi connectivity index (χ0) is 23.2. The molecule has 1 aromatic carbocycles. The van der Waals surface area contributed by atoms with Gasteiger partial charge in [-0.05, 0) is 44.9 Å². The SMILES string of the molecule is CC(C)N1CC[C@H](C)N2C(=O)c3c(O)c(=O)cc(C(=O)NCc4ccc(F)cc4)n3C[C@@H]12. The molecule has 0 aliphatic carbocycles. The van der Waals surface area contributed by atoms with Crippen LogP contribution in [0.4, 0.5) is 4.39 Å². The molecule has 0 spiro atoms. The van der Waals surface area contributed by atoms with Crippen LogP contribution in [0.1, 0.15) is 53.7 Å². The molecule has 2 atom stereocenters. The van der Waals surface area contributed by atoms with Gasteiger partial charge < -0.3 is 19.9 Å². The maximum Gasteiger partial charge on any atom is 0.276 e. The minimum Gasteiger partial charge on any atom is -0.503 e. The molecule has 2 aliphatic rings. The normalized spacial score (nSPS) is 20.8. The Balaban J connectivity index is 1.71. The van der Waals surface area contributed by atoms with Crippen molar-refractivity contribution in [2.75, 3.05) is 6.54 Å². The zero-order valence-electron chi connectivity index (χ0n) is 18.3. The van der Waals surface area contributed by atoms with E-state index in [0.29, 0.717) is 5.56 Å². The van der Waals surface area contributed by atoms with Gasteiger partial charge in [-0.15, -0.1) is 0 Å². The Labute approximate surface area is 185 Å². The number of nitrogens with one attached hydrogen (secondary N) is 1. The summed E-state index contributed by atoms with van der Waals surface area (Å²) in [6.45, 7) is 7.24. The largest absolute Gasteiger partial charge is 0.503 e. The van der Waals surface area contributed by atoms with E-state index in [4.69, 9.17) is 0 Å². The average Bonchev–Trinajstić information content (AvgIpc) is 2.75. The molecule has 2 aromatic rings. The summed E-state index contributed by atoms with van der Waals surface area (Å²) in [6, 6.07) is 6.89. The van der Waals surface area contributed by atoms with E-state index in [1.807, 2.05) is 20.8 Å². The van der Waals surface area contributed by atoms with Crippen molar-refractivity contribution >= 4 is 11.8 Å². The summed E-state index contributed by atoms with van der Waals surface area (Å²) in [6.07, 6.45) is 0.493. The summed E-state index contributed by atoms with van der Waals surface area (Å²) in [4.78, 5) is 42.7. The van der Waals surface area contributed by atoms with Gasteiger partial charge in [-0.2, -0.15) is 0 Å². The fraction of sp³-hybridized carbons (Fsp3) is 0.435. The van der Waals surface area contributed by atoms with Gasteiger partial charge in [0.1, 0.15) is 17.7 Å². The summed E-state index contributed by atoms with van der Waals surface area (Å²) >= 11 is 0. The Bertz CT molecular complexity index is 1110. The van der Waals surface area contributed by atoms with Crippen molar-refractivity contribution in [3.63, 3.8) is 0 Å². The van der Waals surface area contributed by atoms with Crippen LogP contribution in [0.25, 0.3) is 0 Å². The number of rotatable bonds is 4. The predicted octanol–water partition coefficient (Wildman–Crippen LogP) is 1.91. The highest BCUT2D eigenvalue weighted by Gasteiger charge is 2.44. The number of amides is 2. The molecule has 0 unspecified atom stereocenters. The lowest BCUT2D eigenvalue weighted by atomic mass is 10.0. The standard InChI is InChI=1S/C23H27FN4O4/c1-13(2)26-9-8-14(3)28-19(26)12-27-17(10-18(29)21(30)20(27)23(28)32)22(31)25-11-15-4-6-16(24)7-5-15/h4-7,10,13-14,19,30H,8-9,11-12H2,1-3H3,(H,25,31)/t14-,19-/m0/s1. The van der Waals surface area contributed by atoms with Gasteiger partial charge in [0.15, 0.2) is 11.4 Å². The van der Waals surface area contributed by atoms with E-state index in [-0.39, 0.29) is 48.5 Å². The zero-order valence-corrected chi connectivity index (χ0v) is 18.3. The van der Waals surface area contributed by atoms with Crippen LogP contribution in [-0.4, -0.2) is 56.1 Å². The molecule has 2 aliphatic heterocycles. The number of hydrogen-bond acceptors (Lipinski definition) is 5. The van der Waals surface area contributed by atoms with E-state index in [9.17, 15) is 23.9 Å². The van der Waals surface area contributed by atoms with Gasteiger partial charge in [0.05, 0.1) is 6.54 Å². The maximum atomic E-state index is 13.4. The van der Waals surface area contributed by atoms with Crippen LogP contribution in [-0.2, 0) is 13.1 Å². The Morgan fingerprint density at radius 1 is 1.25 bits per heavy atom. The molecule has 0 bridgehead atoms. The van der Waals surface area contributed by atoms with Gasteiger partial charge in [-0.3, -0.25) is 19.3 Å². The van der Waals surface area contributed by atoms with Crippen LogP contribution in [0, 0.1) is 5.82 Å². The lowest BCUT2D eigenvalue weighted by Crippen LogP contribution is -2.65. The van der Waals surface area contributed by atoms with Gasteiger partial charge in [-0.25, -0.2) is 4.39 Å². The molecule has 1 saturated heterocycles. The summed E-state index contributed by atoms with van der Waals surface area (Å²) in [5.41, 5.74) is -0.229. The van der Waals surface area contributed by atoms with Crippen LogP contribution in [0.2, 0.25) is 0 Å². The fourth-order valence-electron chi connectivity index (χ4n) is 4.60. The number of carbonyl (C=O) groups excluding carboxylic acids is 2. The molecule has 8 nitrogen and oxygen atoms in total. The van der Waals surface area contributed by atoms with Crippen molar-refractivity contribution in [2.45, 2.75) is 58.5 Å². The van der Waals surface area contributed by atoms with Gasteiger partial charge in [-0.1, -0.05) is 12.1 Å². The second kappa shape index (κ2) is 8.38. The van der Waals surface area contributed by atoms with E-state index >= 15 is 0 Å². The van der Waals surface area contributed by atoms with Crippen molar-refractivity contribution in [3.05, 3.63) is 63.3 Å². The van der Waals surface area contributed by atoms with Gasteiger partial charge in [0.2, 0.25) is 5.43 Å². The number of nitrogens with zero attached hydrogens (tertiary/aromatic N) is 3. The minimum atomic E-state index is -0.777. The summed E-state index contributed by atoms with van der Waals surface area (Å²) < 4.78 is 14.6. The van der Waals surface area contributed by atoms with Crippen LogP contribution in [0.3, 0.4) is 0 Å². The van der Waals surface area contributed by atoms with E-state index in [2.05, 4.69) is 10.2 Å². The Kier molecular flexibility index (Phi) is 5.77. The van der Waals surface area contributed by atoms with Crippen molar-refractivity contribution in [1.29, 1.82) is 0 Å². The molecule has 1 fully saturated rings. The molecule has 32 heavy (non-hydrogen) atoms. The molecular formula is C23H27FN4O4. The smallest absolute Gasteiger partial charge is 0.276 e.